The topological polar surface area (TPSA) is 59.0 Å². The molecule has 5 heteroatoms. The fourth-order valence-corrected chi connectivity index (χ4v) is 3.37. The Hall–Kier alpha value is -0.650. The van der Waals surface area contributed by atoms with Gasteiger partial charge in [-0.3, -0.25) is 4.79 Å². The number of methoxy groups -OCH3 is 1. The van der Waals surface area contributed by atoms with Crippen molar-refractivity contribution >= 4 is 5.97 Å². The maximum atomic E-state index is 10.5. The molecular formula is C15H27NO4. The number of carboxylic acids is 1. The minimum Gasteiger partial charge on any atom is -0.481 e. The summed E-state index contributed by atoms with van der Waals surface area (Å²) in [5.74, 6) is -0.780. The Morgan fingerprint density at radius 2 is 1.75 bits per heavy atom. The molecule has 2 aliphatic rings. The number of rotatable bonds is 6. The minimum absolute atomic E-state index is 0.112. The predicted octanol–water partition coefficient (Wildman–Crippen LogP) is 1.90. The lowest BCUT2D eigenvalue weighted by Gasteiger charge is -2.40. The van der Waals surface area contributed by atoms with Crippen molar-refractivity contribution in [2.45, 2.75) is 63.2 Å². The molecule has 20 heavy (non-hydrogen) atoms. The van der Waals surface area contributed by atoms with Crippen LogP contribution in [0.1, 0.15) is 44.9 Å². The van der Waals surface area contributed by atoms with Gasteiger partial charge in [0.05, 0.1) is 25.2 Å². The average Bonchev–Trinajstić information content (AvgIpc) is 2.48. The van der Waals surface area contributed by atoms with Gasteiger partial charge in [0.15, 0.2) is 0 Å². The van der Waals surface area contributed by atoms with Gasteiger partial charge < -0.3 is 19.5 Å². The second-order valence-electron chi connectivity index (χ2n) is 5.92. The zero-order valence-electron chi connectivity index (χ0n) is 12.4. The average molecular weight is 285 g/mol. The number of nitrogens with zero attached hydrogens (tertiary/aromatic N) is 1. The van der Waals surface area contributed by atoms with Crippen LogP contribution >= 0.6 is 0 Å². The van der Waals surface area contributed by atoms with Gasteiger partial charge >= 0.3 is 5.97 Å². The van der Waals surface area contributed by atoms with Gasteiger partial charge in [0.25, 0.3) is 0 Å². The number of aliphatic carboxylic acids is 1. The van der Waals surface area contributed by atoms with E-state index in [4.69, 9.17) is 14.6 Å². The summed E-state index contributed by atoms with van der Waals surface area (Å²) in [6.45, 7) is 2.51. The molecule has 0 atom stereocenters. The maximum absolute atomic E-state index is 10.5. The second-order valence-corrected chi connectivity index (χ2v) is 5.92. The summed E-state index contributed by atoms with van der Waals surface area (Å²) in [5, 5.41) is 8.60. The highest BCUT2D eigenvalue weighted by molar-refractivity contribution is 5.66. The number of carboxylic acid groups (broad SMARTS) is 1. The van der Waals surface area contributed by atoms with E-state index in [0.29, 0.717) is 18.8 Å². The van der Waals surface area contributed by atoms with Crippen LogP contribution in [0.2, 0.25) is 0 Å². The summed E-state index contributed by atoms with van der Waals surface area (Å²) in [6.07, 6.45) is 7.72. The molecule has 0 unspecified atom stereocenters. The SMILES string of the molecule is COC1CCC(N2CCC(OCCC(=O)O)CC2)CC1. The third-order valence-electron chi connectivity index (χ3n) is 4.64. The first-order valence-corrected chi connectivity index (χ1v) is 7.79. The third-order valence-corrected chi connectivity index (χ3v) is 4.64. The first kappa shape index (κ1) is 15.7. The lowest BCUT2D eigenvalue weighted by atomic mass is 9.90. The lowest BCUT2D eigenvalue weighted by Crippen LogP contribution is -2.45. The first-order chi connectivity index (χ1) is 9.69. The Labute approximate surface area is 121 Å². The molecule has 0 aromatic rings. The van der Waals surface area contributed by atoms with Crippen molar-refractivity contribution in [2.24, 2.45) is 0 Å². The van der Waals surface area contributed by atoms with E-state index in [2.05, 4.69) is 4.90 Å². The molecule has 1 saturated carbocycles. The van der Waals surface area contributed by atoms with Crippen molar-refractivity contribution in [3.63, 3.8) is 0 Å². The van der Waals surface area contributed by atoms with Gasteiger partial charge in [-0.15, -0.1) is 0 Å². The molecule has 116 valence electrons. The van der Waals surface area contributed by atoms with Gasteiger partial charge in [0.1, 0.15) is 0 Å². The summed E-state index contributed by atoms with van der Waals surface area (Å²) in [7, 11) is 1.81. The summed E-state index contributed by atoms with van der Waals surface area (Å²) in [6, 6.07) is 0.710. The second kappa shape index (κ2) is 7.96. The Morgan fingerprint density at radius 3 is 2.30 bits per heavy atom. The molecular weight excluding hydrogens is 258 g/mol. The molecule has 0 amide bonds. The monoisotopic (exact) mass is 285 g/mol. The van der Waals surface area contributed by atoms with Crippen LogP contribution in [0.25, 0.3) is 0 Å². The van der Waals surface area contributed by atoms with Crippen molar-refractivity contribution in [2.75, 3.05) is 26.8 Å². The highest BCUT2D eigenvalue weighted by Crippen LogP contribution is 2.27. The molecule has 1 aliphatic carbocycles. The molecule has 0 aromatic heterocycles. The molecule has 1 saturated heterocycles. The molecule has 1 N–H and O–H groups in total. The van der Waals surface area contributed by atoms with Crippen LogP contribution in [0.4, 0.5) is 0 Å². The number of likely N-dealkylation sites (tertiary alicyclic amines) is 1. The van der Waals surface area contributed by atoms with Gasteiger partial charge in [-0.25, -0.2) is 0 Å². The maximum Gasteiger partial charge on any atom is 0.305 e. The lowest BCUT2D eigenvalue weighted by molar-refractivity contribution is -0.139. The summed E-state index contributed by atoms with van der Waals surface area (Å²) < 4.78 is 11.1. The first-order valence-electron chi connectivity index (χ1n) is 7.79. The van der Waals surface area contributed by atoms with E-state index in [1.807, 2.05) is 7.11 Å². The van der Waals surface area contributed by atoms with Crippen LogP contribution < -0.4 is 0 Å². The van der Waals surface area contributed by atoms with Crippen LogP contribution in [-0.4, -0.2) is 61.0 Å². The molecule has 5 nitrogen and oxygen atoms in total. The number of ether oxygens (including phenoxy) is 2. The van der Waals surface area contributed by atoms with Crippen molar-refractivity contribution in [3.8, 4) is 0 Å². The fourth-order valence-electron chi connectivity index (χ4n) is 3.37. The zero-order chi connectivity index (χ0) is 14.4. The highest BCUT2D eigenvalue weighted by Gasteiger charge is 2.29. The van der Waals surface area contributed by atoms with Crippen LogP contribution in [0, 0.1) is 0 Å². The van der Waals surface area contributed by atoms with Gasteiger partial charge in [0, 0.05) is 26.2 Å². The number of hydrogen-bond donors (Lipinski definition) is 1. The van der Waals surface area contributed by atoms with E-state index in [9.17, 15) is 4.79 Å². The summed E-state index contributed by atoms with van der Waals surface area (Å²) >= 11 is 0. The van der Waals surface area contributed by atoms with Crippen LogP contribution in [0.5, 0.6) is 0 Å². The number of carbonyl (C=O) groups is 1. The van der Waals surface area contributed by atoms with E-state index in [1.165, 1.54) is 25.7 Å². The normalized spacial score (nSPS) is 29.4. The molecule has 1 aliphatic heterocycles. The Balaban J connectivity index is 1.63. The van der Waals surface area contributed by atoms with Gasteiger partial charge in [0.2, 0.25) is 0 Å². The smallest absolute Gasteiger partial charge is 0.305 e. The molecule has 0 aromatic carbocycles. The van der Waals surface area contributed by atoms with E-state index in [1.54, 1.807) is 0 Å². The molecule has 2 rings (SSSR count). The summed E-state index contributed by atoms with van der Waals surface area (Å²) in [5.41, 5.74) is 0. The Bertz CT molecular complexity index is 294. The predicted molar refractivity (Wildman–Crippen MR) is 75.9 cm³/mol. The summed E-state index contributed by atoms with van der Waals surface area (Å²) in [4.78, 5) is 13.0. The molecule has 2 fully saturated rings. The zero-order valence-corrected chi connectivity index (χ0v) is 12.4. The number of piperidine rings is 1. The van der Waals surface area contributed by atoms with Crippen LogP contribution in [0.15, 0.2) is 0 Å². The number of hydrogen-bond acceptors (Lipinski definition) is 4. The van der Waals surface area contributed by atoms with Crippen molar-refractivity contribution in [3.05, 3.63) is 0 Å². The van der Waals surface area contributed by atoms with Gasteiger partial charge in [-0.1, -0.05) is 0 Å². The Morgan fingerprint density at radius 1 is 1.10 bits per heavy atom. The fraction of sp³-hybridized carbons (Fsp3) is 0.933. The minimum atomic E-state index is -0.780. The Kier molecular flexibility index (Phi) is 6.26. The van der Waals surface area contributed by atoms with Crippen LogP contribution in [-0.2, 0) is 14.3 Å². The largest absolute Gasteiger partial charge is 0.481 e. The molecule has 0 radical (unpaired) electrons. The quantitative estimate of drug-likeness (QED) is 0.807. The van der Waals surface area contributed by atoms with E-state index >= 15 is 0 Å². The van der Waals surface area contributed by atoms with Gasteiger partial charge in [-0.2, -0.15) is 0 Å². The molecule has 1 heterocycles. The van der Waals surface area contributed by atoms with E-state index < -0.39 is 5.97 Å². The van der Waals surface area contributed by atoms with Crippen LogP contribution in [0.3, 0.4) is 0 Å². The van der Waals surface area contributed by atoms with E-state index in [0.717, 1.165) is 25.9 Å². The molecule has 0 spiro atoms. The van der Waals surface area contributed by atoms with E-state index in [-0.39, 0.29) is 12.5 Å². The van der Waals surface area contributed by atoms with Gasteiger partial charge in [-0.05, 0) is 38.5 Å². The van der Waals surface area contributed by atoms with Crippen molar-refractivity contribution in [1.82, 2.24) is 4.90 Å². The highest BCUT2D eigenvalue weighted by atomic mass is 16.5. The van der Waals surface area contributed by atoms with Crippen molar-refractivity contribution < 1.29 is 19.4 Å². The molecule has 0 bridgehead atoms. The standard InChI is InChI=1S/C15H27NO4/c1-19-13-4-2-12(3-5-13)16-9-6-14(7-10-16)20-11-8-15(17)18/h12-14H,2-11H2,1H3,(H,17,18). The third kappa shape index (κ3) is 4.72. The van der Waals surface area contributed by atoms with Crippen molar-refractivity contribution in [1.29, 1.82) is 0 Å².